The Morgan fingerprint density at radius 3 is 2.41 bits per heavy atom. The molecule has 7 heteroatoms. The van der Waals surface area contributed by atoms with E-state index >= 15 is 0 Å². The number of aryl methyl sites for hydroxylation is 1. The fraction of sp³-hybridized carbons (Fsp3) is 0.400. The Bertz CT molecular complexity index is 891. The molecular formula is C20H24FNO4S. The maximum Gasteiger partial charge on any atom is 0.240 e. The molecule has 1 N–H and O–H groups in total. The molecule has 0 unspecified atom stereocenters. The van der Waals surface area contributed by atoms with E-state index < -0.39 is 15.4 Å². The molecule has 3 rings (SSSR count). The minimum absolute atomic E-state index is 0.226. The molecule has 2 aromatic rings. The summed E-state index contributed by atoms with van der Waals surface area (Å²) in [6, 6.07) is 11.2. The van der Waals surface area contributed by atoms with Crippen molar-refractivity contribution < 1.29 is 22.3 Å². The van der Waals surface area contributed by atoms with Crippen LogP contribution in [-0.2, 0) is 20.2 Å². The number of sulfonamides is 1. The standard InChI is InChI=1S/C20H24FNO4S/c1-15-13-18(25-2)7-8-19(15)27(23,24)22-14-20(9-11-26-12-10-20)16-3-5-17(21)6-4-16/h3-8,13,22H,9-12,14H2,1-2H3. The Kier molecular flexibility index (Phi) is 5.83. The zero-order chi connectivity index (χ0) is 19.5. The second kappa shape index (κ2) is 7.96. The first-order valence-corrected chi connectivity index (χ1v) is 10.3. The molecule has 0 saturated carbocycles. The molecule has 1 aliphatic rings. The summed E-state index contributed by atoms with van der Waals surface area (Å²) in [5.41, 5.74) is 1.12. The van der Waals surface area contributed by atoms with Crippen LogP contribution in [0.3, 0.4) is 0 Å². The van der Waals surface area contributed by atoms with Gasteiger partial charge in [-0.25, -0.2) is 17.5 Å². The second-order valence-electron chi connectivity index (χ2n) is 6.86. The molecule has 1 fully saturated rings. The highest BCUT2D eigenvalue weighted by molar-refractivity contribution is 7.89. The van der Waals surface area contributed by atoms with Crippen LogP contribution in [0.15, 0.2) is 47.4 Å². The number of nitrogens with one attached hydrogen (secondary N) is 1. The molecule has 1 heterocycles. The molecule has 5 nitrogen and oxygen atoms in total. The SMILES string of the molecule is COc1ccc(S(=O)(=O)NCC2(c3ccc(F)cc3)CCOCC2)c(C)c1. The van der Waals surface area contributed by atoms with E-state index in [2.05, 4.69) is 4.72 Å². The van der Waals surface area contributed by atoms with E-state index in [0.29, 0.717) is 37.4 Å². The van der Waals surface area contributed by atoms with Crippen LogP contribution >= 0.6 is 0 Å². The molecule has 27 heavy (non-hydrogen) atoms. The minimum atomic E-state index is -3.69. The van der Waals surface area contributed by atoms with Gasteiger partial charge in [-0.1, -0.05) is 12.1 Å². The lowest BCUT2D eigenvalue weighted by Crippen LogP contribution is -2.44. The Hall–Kier alpha value is -1.96. The zero-order valence-electron chi connectivity index (χ0n) is 15.5. The molecule has 1 aliphatic heterocycles. The number of methoxy groups -OCH3 is 1. The second-order valence-corrected chi connectivity index (χ2v) is 8.59. The fourth-order valence-electron chi connectivity index (χ4n) is 3.49. The molecule has 0 aromatic heterocycles. The van der Waals surface area contributed by atoms with Crippen molar-refractivity contribution >= 4 is 10.0 Å². The first-order valence-electron chi connectivity index (χ1n) is 8.84. The predicted octanol–water partition coefficient (Wildman–Crippen LogP) is 3.17. The van der Waals surface area contributed by atoms with Gasteiger partial charge >= 0.3 is 0 Å². The predicted molar refractivity (Wildman–Crippen MR) is 101 cm³/mol. The molecule has 1 saturated heterocycles. The van der Waals surface area contributed by atoms with Gasteiger partial charge in [0, 0.05) is 25.2 Å². The molecule has 0 spiro atoms. The van der Waals surface area contributed by atoms with Crippen LogP contribution in [0.2, 0.25) is 0 Å². The first kappa shape index (κ1) is 19.8. The first-order chi connectivity index (χ1) is 12.9. The lowest BCUT2D eigenvalue weighted by molar-refractivity contribution is 0.0517. The van der Waals surface area contributed by atoms with Gasteiger partial charge in [0.15, 0.2) is 0 Å². The van der Waals surface area contributed by atoms with Crippen molar-refractivity contribution in [1.82, 2.24) is 4.72 Å². The van der Waals surface area contributed by atoms with Crippen molar-refractivity contribution in [3.8, 4) is 5.75 Å². The summed E-state index contributed by atoms with van der Waals surface area (Å²) in [5.74, 6) is 0.300. The third kappa shape index (κ3) is 4.31. The largest absolute Gasteiger partial charge is 0.497 e. The molecule has 2 aromatic carbocycles. The number of halogens is 1. The Balaban J connectivity index is 1.85. The zero-order valence-corrected chi connectivity index (χ0v) is 16.3. The molecule has 0 aliphatic carbocycles. The van der Waals surface area contributed by atoms with Crippen LogP contribution < -0.4 is 9.46 Å². The summed E-state index contributed by atoms with van der Waals surface area (Å²) in [4.78, 5) is 0.226. The van der Waals surface area contributed by atoms with Crippen LogP contribution in [0.5, 0.6) is 5.75 Å². The van der Waals surface area contributed by atoms with E-state index in [1.165, 1.54) is 12.1 Å². The maximum atomic E-state index is 13.3. The topological polar surface area (TPSA) is 64.6 Å². The van der Waals surface area contributed by atoms with Crippen molar-refractivity contribution in [1.29, 1.82) is 0 Å². The van der Waals surface area contributed by atoms with E-state index in [0.717, 1.165) is 5.56 Å². The van der Waals surface area contributed by atoms with Crippen molar-refractivity contribution in [2.75, 3.05) is 26.9 Å². The van der Waals surface area contributed by atoms with Gasteiger partial charge in [-0.2, -0.15) is 0 Å². The molecule has 0 bridgehead atoms. The van der Waals surface area contributed by atoms with Gasteiger partial charge in [-0.3, -0.25) is 0 Å². The quantitative estimate of drug-likeness (QED) is 0.819. The van der Waals surface area contributed by atoms with Gasteiger partial charge in [0.25, 0.3) is 0 Å². The van der Waals surface area contributed by atoms with Gasteiger partial charge in [-0.05, 0) is 61.2 Å². The summed E-state index contributed by atoms with van der Waals surface area (Å²) >= 11 is 0. The highest BCUT2D eigenvalue weighted by Crippen LogP contribution is 2.35. The van der Waals surface area contributed by atoms with Crippen molar-refractivity contribution in [2.24, 2.45) is 0 Å². The molecular weight excluding hydrogens is 369 g/mol. The summed E-state index contributed by atoms with van der Waals surface area (Å²) in [6.45, 7) is 3.05. The number of hydrogen-bond donors (Lipinski definition) is 1. The van der Waals surface area contributed by atoms with Crippen LogP contribution in [0.25, 0.3) is 0 Å². The number of ether oxygens (including phenoxy) is 2. The van der Waals surface area contributed by atoms with Crippen LogP contribution in [0, 0.1) is 12.7 Å². The lowest BCUT2D eigenvalue weighted by Gasteiger charge is -2.38. The van der Waals surface area contributed by atoms with Crippen molar-refractivity contribution in [3.63, 3.8) is 0 Å². The highest BCUT2D eigenvalue weighted by atomic mass is 32.2. The van der Waals surface area contributed by atoms with Crippen LogP contribution in [0.1, 0.15) is 24.0 Å². The summed E-state index contributed by atoms with van der Waals surface area (Å²) < 4.78 is 52.5. The average Bonchev–Trinajstić information content (AvgIpc) is 2.67. The molecule has 0 amide bonds. The van der Waals surface area contributed by atoms with E-state index in [4.69, 9.17) is 9.47 Å². The normalized spacial score (nSPS) is 16.9. The molecule has 146 valence electrons. The summed E-state index contributed by atoms with van der Waals surface area (Å²) in [5, 5.41) is 0. The lowest BCUT2D eigenvalue weighted by atomic mass is 9.74. The van der Waals surface area contributed by atoms with E-state index in [1.807, 2.05) is 0 Å². The monoisotopic (exact) mass is 393 g/mol. The van der Waals surface area contributed by atoms with E-state index in [9.17, 15) is 12.8 Å². The van der Waals surface area contributed by atoms with Crippen LogP contribution in [0.4, 0.5) is 4.39 Å². The maximum absolute atomic E-state index is 13.3. The van der Waals surface area contributed by atoms with E-state index in [-0.39, 0.29) is 17.3 Å². The van der Waals surface area contributed by atoms with Gasteiger partial charge in [0.05, 0.1) is 12.0 Å². The highest BCUT2D eigenvalue weighted by Gasteiger charge is 2.36. The van der Waals surface area contributed by atoms with Crippen molar-refractivity contribution in [2.45, 2.75) is 30.1 Å². The Labute approximate surface area is 159 Å². The average molecular weight is 393 g/mol. The van der Waals surface area contributed by atoms with Gasteiger partial charge in [-0.15, -0.1) is 0 Å². The Morgan fingerprint density at radius 2 is 1.81 bits per heavy atom. The van der Waals surface area contributed by atoms with Gasteiger partial charge in [0.2, 0.25) is 10.0 Å². The van der Waals surface area contributed by atoms with Gasteiger partial charge < -0.3 is 9.47 Å². The van der Waals surface area contributed by atoms with Crippen molar-refractivity contribution in [3.05, 3.63) is 59.4 Å². The Morgan fingerprint density at radius 1 is 1.15 bits per heavy atom. The number of benzene rings is 2. The van der Waals surface area contributed by atoms with Crippen LogP contribution in [-0.4, -0.2) is 35.3 Å². The fourth-order valence-corrected chi connectivity index (χ4v) is 4.85. The minimum Gasteiger partial charge on any atom is -0.497 e. The van der Waals surface area contributed by atoms with E-state index in [1.54, 1.807) is 44.4 Å². The smallest absolute Gasteiger partial charge is 0.240 e. The molecule has 0 radical (unpaired) electrons. The van der Waals surface area contributed by atoms with Gasteiger partial charge in [0.1, 0.15) is 11.6 Å². The third-order valence-electron chi connectivity index (χ3n) is 5.18. The third-order valence-corrected chi connectivity index (χ3v) is 6.74. The summed E-state index contributed by atoms with van der Waals surface area (Å²) in [7, 11) is -2.15. The number of rotatable bonds is 6. The summed E-state index contributed by atoms with van der Waals surface area (Å²) in [6.07, 6.45) is 1.34. The molecule has 0 atom stereocenters. The number of hydrogen-bond acceptors (Lipinski definition) is 4.